The minimum absolute atomic E-state index is 0.0548. The SMILES string of the molecule is Cc1ccc(C(C(=O)c2ccco2)C2CCN(CCC3(CCc4nnnn4C)CCCCC3)CC2)nc1. The number of aryl methyl sites for hydroxylation is 3. The monoisotopic (exact) mass is 504 g/mol. The van der Waals surface area contributed by atoms with Crippen LogP contribution in [0.4, 0.5) is 0 Å². The fraction of sp³-hybridized carbons (Fsp3) is 0.621. The summed E-state index contributed by atoms with van der Waals surface area (Å²) in [5.74, 6) is 1.50. The third-order valence-electron chi connectivity index (χ3n) is 8.86. The lowest BCUT2D eigenvalue weighted by Gasteiger charge is -2.41. The van der Waals surface area contributed by atoms with Gasteiger partial charge in [0.25, 0.3) is 0 Å². The zero-order valence-electron chi connectivity index (χ0n) is 22.3. The molecule has 8 nitrogen and oxygen atoms in total. The number of carbonyl (C=O) groups is 1. The van der Waals surface area contributed by atoms with Gasteiger partial charge >= 0.3 is 0 Å². The molecule has 0 N–H and O–H groups in total. The molecule has 0 radical (unpaired) electrons. The van der Waals surface area contributed by atoms with Crippen molar-refractivity contribution in [1.29, 1.82) is 0 Å². The molecule has 0 aromatic carbocycles. The summed E-state index contributed by atoms with van der Waals surface area (Å²) >= 11 is 0. The van der Waals surface area contributed by atoms with Crippen molar-refractivity contribution in [3.05, 3.63) is 59.6 Å². The molecule has 0 amide bonds. The molecule has 1 saturated heterocycles. The fourth-order valence-electron chi connectivity index (χ4n) is 6.49. The van der Waals surface area contributed by atoms with Crippen molar-refractivity contribution in [3.63, 3.8) is 0 Å². The van der Waals surface area contributed by atoms with Gasteiger partial charge < -0.3 is 9.32 Å². The Morgan fingerprint density at radius 1 is 1.14 bits per heavy atom. The number of hydrogen-bond donors (Lipinski definition) is 0. The predicted molar refractivity (Wildman–Crippen MR) is 141 cm³/mol. The molecule has 3 aromatic rings. The highest BCUT2D eigenvalue weighted by atomic mass is 16.3. The quantitative estimate of drug-likeness (QED) is 0.352. The van der Waals surface area contributed by atoms with E-state index in [0.717, 1.165) is 62.4 Å². The summed E-state index contributed by atoms with van der Waals surface area (Å²) in [4.78, 5) is 20.8. The maximum absolute atomic E-state index is 13.5. The van der Waals surface area contributed by atoms with E-state index in [0.29, 0.717) is 11.2 Å². The molecule has 3 aromatic heterocycles. The molecule has 1 atom stereocenters. The van der Waals surface area contributed by atoms with Gasteiger partial charge in [0.1, 0.15) is 0 Å². The first kappa shape index (κ1) is 25.8. The van der Waals surface area contributed by atoms with Crippen molar-refractivity contribution in [2.75, 3.05) is 19.6 Å². The number of likely N-dealkylation sites (tertiary alicyclic amines) is 1. The summed E-state index contributed by atoms with van der Waals surface area (Å²) in [7, 11) is 1.93. The largest absolute Gasteiger partial charge is 0.461 e. The van der Waals surface area contributed by atoms with Gasteiger partial charge in [0.05, 0.1) is 17.9 Å². The van der Waals surface area contributed by atoms with Crippen LogP contribution in [0, 0.1) is 18.3 Å². The number of aromatic nitrogens is 5. The number of ketones is 1. The highest BCUT2D eigenvalue weighted by Gasteiger charge is 2.37. The molecule has 5 rings (SSSR count). The average Bonchev–Trinajstić information content (AvgIpc) is 3.61. The van der Waals surface area contributed by atoms with Crippen LogP contribution in [0.25, 0.3) is 0 Å². The molecule has 1 aliphatic heterocycles. The lowest BCUT2D eigenvalue weighted by atomic mass is 9.69. The molecule has 1 saturated carbocycles. The van der Waals surface area contributed by atoms with E-state index in [1.165, 1.54) is 38.5 Å². The Morgan fingerprint density at radius 3 is 2.59 bits per heavy atom. The first-order valence-corrected chi connectivity index (χ1v) is 14.0. The van der Waals surface area contributed by atoms with Gasteiger partial charge in [0.2, 0.25) is 5.78 Å². The molecule has 0 bridgehead atoms. The van der Waals surface area contributed by atoms with Gasteiger partial charge in [-0.1, -0.05) is 25.3 Å². The van der Waals surface area contributed by atoms with Crippen LogP contribution in [-0.4, -0.2) is 55.5 Å². The second kappa shape index (κ2) is 11.7. The molecule has 2 fully saturated rings. The van der Waals surface area contributed by atoms with Gasteiger partial charge in [-0.25, -0.2) is 4.68 Å². The molecular weight excluding hydrogens is 464 g/mol. The van der Waals surface area contributed by atoms with E-state index in [4.69, 9.17) is 4.42 Å². The van der Waals surface area contributed by atoms with E-state index in [-0.39, 0.29) is 17.6 Å². The van der Waals surface area contributed by atoms with E-state index in [9.17, 15) is 4.79 Å². The number of pyridine rings is 1. The molecular formula is C29H40N6O2. The Kier molecular flexibility index (Phi) is 8.13. The van der Waals surface area contributed by atoms with Crippen LogP contribution in [0.1, 0.15) is 91.3 Å². The van der Waals surface area contributed by atoms with E-state index < -0.39 is 0 Å². The van der Waals surface area contributed by atoms with Crippen LogP contribution in [0.3, 0.4) is 0 Å². The minimum atomic E-state index is -0.251. The van der Waals surface area contributed by atoms with E-state index in [1.54, 1.807) is 18.4 Å². The summed E-state index contributed by atoms with van der Waals surface area (Å²) < 4.78 is 7.32. The molecule has 1 aliphatic carbocycles. The highest BCUT2D eigenvalue weighted by molar-refractivity contribution is 5.98. The number of tetrazole rings is 1. The topological polar surface area (TPSA) is 89.9 Å². The highest BCUT2D eigenvalue weighted by Crippen LogP contribution is 2.43. The second-order valence-corrected chi connectivity index (χ2v) is 11.3. The van der Waals surface area contributed by atoms with Crippen LogP contribution in [0.2, 0.25) is 0 Å². The number of nitrogens with zero attached hydrogens (tertiary/aromatic N) is 6. The summed E-state index contributed by atoms with van der Waals surface area (Å²) in [6.07, 6.45) is 15.5. The lowest BCUT2D eigenvalue weighted by Crippen LogP contribution is -2.40. The standard InChI is InChI=1S/C29H40N6O2/c1-22-8-9-24(30-21-22)27(28(36)25-7-6-20-37-25)23-11-17-35(18-12-23)19-16-29(13-4-3-5-14-29)15-10-26-31-32-33-34(26)2/h6-9,20-21,23,27H,3-5,10-19H2,1-2H3. The number of furan rings is 1. The number of piperidine rings is 1. The van der Waals surface area contributed by atoms with Gasteiger partial charge in [-0.15, -0.1) is 5.10 Å². The minimum Gasteiger partial charge on any atom is -0.461 e. The molecule has 2 aliphatic rings. The third-order valence-corrected chi connectivity index (χ3v) is 8.86. The Bertz CT molecular complexity index is 1130. The first-order valence-electron chi connectivity index (χ1n) is 14.0. The second-order valence-electron chi connectivity index (χ2n) is 11.3. The zero-order chi connectivity index (χ0) is 25.7. The summed E-state index contributed by atoms with van der Waals surface area (Å²) in [6, 6.07) is 7.64. The molecule has 0 spiro atoms. The maximum atomic E-state index is 13.5. The maximum Gasteiger partial charge on any atom is 0.207 e. The number of hydrogen-bond acceptors (Lipinski definition) is 7. The van der Waals surface area contributed by atoms with Gasteiger partial charge in [0.15, 0.2) is 11.6 Å². The van der Waals surface area contributed by atoms with Crippen LogP contribution < -0.4 is 0 Å². The van der Waals surface area contributed by atoms with Crippen molar-refractivity contribution in [2.24, 2.45) is 18.4 Å². The Hall–Kier alpha value is -2.87. The molecule has 198 valence electrons. The number of Topliss-reactive ketones (excluding diaryl/α,β-unsaturated/α-hetero) is 1. The first-order chi connectivity index (χ1) is 18.0. The Labute approximate surface area is 219 Å². The Morgan fingerprint density at radius 2 is 1.95 bits per heavy atom. The smallest absolute Gasteiger partial charge is 0.207 e. The molecule has 37 heavy (non-hydrogen) atoms. The van der Waals surface area contributed by atoms with Gasteiger partial charge in [-0.2, -0.15) is 0 Å². The predicted octanol–water partition coefficient (Wildman–Crippen LogP) is 5.16. The van der Waals surface area contributed by atoms with E-state index in [2.05, 4.69) is 31.5 Å². The summed E-state index contributed by atoms with van der Waals surface area (Å²) in [5.41, 5.74) is 2.37. The Balaban J connectivity index is 1.21. The third kappa shape index (κ3) is 6.17. The van der Waals surface area contributed by atoms with Gasteiger partial charge in [0, 0.05) is 19.7 Å². The summed E-state index contributed by atoms with van der Waals surface area (Å²) in [6.45, 7) is 5.22. The van der Waals surface area contributed by atoms with Gasteiger partial charge in [-0.05, 0) is 111 Å². The van der Waals surface area contributed by atoms with E-state index in [1.807, 2.05) is 30.9 Å². The molecule has 1 unspecified atom stereocenters. The fourth-order valence-corrected chi connectivity index (χ4v) is 6.49. The van der Waals surface area contributed by atoms with Crippen LogP contribution in [0.15, 0.2) is 41.1 Å². The van der Waals surface area contributed by atoms with Crippen molar-refractivity contribution in [2.45, 2.75) is 77.0 Å². The molecule has 8 heteroatoms. The molecule has 4 heterocycles. The van der Waals surface area contributed by atoms with Crippen molar-refractivity contribution < 1.29 is 9.21 Å². The van der Waals surface area contributed by atoms with E-state index >= 15 is 0 Å². The van der Waals surface area contributed by atoms with Crippen LogP contribution in [0.5, 0.6) is 0 Å². The average molecular weight is 505 g/mol. The van der Waals surface area contributed by atoms with Crippen molar-refractivity contribution in [3.8, 4) is 0 Å². The van der Waals surface area contributed by atoms with Gasteiger partial charge in [-0.3, -0.25) is 9.78 Å². The number of rotatable bonds is 10. The normalized spacial score (nSPS) is 19.6. The summed E-state index contributed by atoms with van der Waals surface area (Å²) in [5, 5.41) is 12.1. The van der Waals surface area contributed by atoms with Crippen LogP contribution in [-0.2, 0) is 13.5 Å². The van der Waals surface area contributed by atoms with Crippen LogP contribution >= 0.6 is 0 Å². The number of carbonyl (C=O) groups excluding carboxylic acids is 1. The zero-order valence-corrected chi connectivity index (χ0v) is 22.3. The lowest BCUT2D eigenvalue weighted by molar-refractivity contribution is 0.0815. The van der Waals surface area contributed by atoms with Crippen molar-refractivity contribution >= 4 is 5.78 Å². The van der Waals surface area contributed by atoms with Crippen molar-refractivity contribution in [1.82, 2.24) is 30.1 Å².